The summed E-state index contributed by atoms with van der Waals surface area (Å²) in [5.41, 5.74) is 0.311. The number of ketones is 2. The lowest BCUT2D eigenvalue weighted by Crippen LogP contribution is -2.27. The van der Waals surface area contributed by atoms with E-state index in [1.807, 2.05) is 13.8 Å². The number of fused-ring (bicyclic) bond motifs is 1. The van der Waals surface area contributed by atoms with Crippen molar-refractivity contribution in [1.82, 2.24) is 0 Å². The van der Waals surface area contributed by atoms with E-state index in [1.165, 1.54) is 7.11 Å². The standard InChI is InChI=1S/C21H20O5/c1-21(2)10-9-14-17(26-21)12-18(25-3)19(20(14)24)16(23)11-15(22)13-7-5-4-6-8-13/h4-10,12,24H,11H2,1-3H3. The van der Waals surface area contributed by atoms with Crippen LogP contribution in [0.1, 0.15) is 46.5 Å². The molecule has 134 valence electrons. The SMILES string of the molecule is COc1cc2c(c(O)c1C(=O)CC(=O)c1ccccc1)C=CC(C)(C)O2. The van der Waals surface area contributed by atoms with Crippen LogP contribution < -0.4 is 9.47 Å². The van der Waals surface area contributed by atoms with E-state index in [0.29, 0.717) is 16.9 Å². The number of Topliss-reactive ketones (excluding diaryl/α,β-unsaturated/α-hetero) is 2. The number of ether oxygens (including phenoxy) is 2. The van der Waals surface area contributed by atoms with Crippen LogP contribution >= 0.6 is 0 Å². The molecule has 1 aliphatic rings. The van der Waals surface area contributed by atoms with Crippen LogP contribution in [0, 0.1) is 0 Å². The summed E-state index contributed by atoms with van der Waals surface area (Å²) in [5, 5.41) is 10.6. The second kappa shape index (κ2) is 6.67. The summed E-state index contributed by atoms with van der Waals surface area (Å²) in [6.07, 6.45) is 3.15. The summed E-state index contributed by atoms with van der Waals surface area (Å²) in [6, 6.07) is 10.1. The second-order valence-corrected chi connectivity index (χ2v) is 6.64. The van der Waals surface area contributed by atoms with Crippen molar-refractivity contribution >= 4 is 17.6 Å². The normalized spacial score (nSPS) is 14.3. The molecule has 0 saturated heterocycles. The van der Waals surface area contributed by atoms with E-state index < -0.39 is 11.4 Å². The fraction of sp³-hybridized carbons (Fsp3) is 0.238. The highest BCUT2D eigenvalue weighted by molar-refractivity contribution is 6.16. The molecule has 0 fully saturated rings. The highest BCUT2D eigenvalue weighted by Gasteiger charge is 2.29. The number of benzene rings is 2. The lowest BCUT2D eigenvalue weighted by molar-refractivity contribution is 0.0891. The number of hydrogen-bond acceptors (Lipinski definition) is 5. The number of phenolic OH excluding ortho intramolecular Hbond substituents is 1. The molecular weight excluding hydrogens is 332 g/mol. The molecule has 0 bridgehead atoms. The van der Waals surface area contributed by atoms with Crippen molar-refractivity contribution < 1.29 is 24.2 Å². The van der Waals surface area contributed by atoms with Gasteiger partial charge in [-0.15, -0.1) is 0 Å². The fourth-order valence-corrected chi connectivity index (χ4v) is 2.87. The van der Waals surface area contributed by atoms with Gasteiger partial charge in [0.1, 0.15) is 28.4 Å². The third-order valence-electron chi connectivity index (χ3n) is 4.21. The summed E-state index contributed by atoms with van der Waals surface area (Å²) < 4.78 is 11.1. The van der Waals surface area contributed by atoms with Crippen molar-refractivity contribution in [2.24, 2.45) is 0 Å². The maximum Gasteiger partial charge on any atom is 0.178 e. The Morgan fingerprint density at radius 2 is 1.85 bits per heavy atom. The van der Waals surface area contributed by atoms with Crippen LogP contribution in [0.3, 0.4) is 0 Å². The highest BCUT2D eigenvalue weighted by Crippen LogP contribution is 2.43. The molecule has 26 heavy (non-hydrogen) atoms. The van der Waals surface area contributed by atoms with Crippen molar-refractivity contribution in [1.29, 1.82) is 0 Å². The summed E-state index contributed by atoms with van der Waals surface area (Å²) in [7, 11) is 1.40. The van der Waals surface area contributed by atoms with Crippen LogP contribution in [0.2, 0.25) is 0 Å². The number of hydrogen-bond donors (Lipinski definition) is 1. The van der Waals surface area contributed by atoms with Crippen molar-refractivity contribution in [3.05, 3.63) is 59.2 Å². The monoisotopic (exact) mass is 352 g/mol. The zero-order chi connectivity index (χ0) is 18.9. The van der Waals surface area contributed by atoms with Gasteiger partial charge in [-0.2, -0.15) is 0 Å². The lowest BCUT2D eigenvalue weighted by Gasteiger charge is -2.29. The summed E-state index contributed by atoms with van der Waals surface area (Å²) in [4.78, 5) is 25.0. The quantitative estimate of drug-likeness (QED) is 0.649. The first kappa shape index (κ1) is 17.7. The van der Waals surface area contributed by atoms with Gasteiger partial charge in [0.2, 0.25) is 0 Å². The van der Waals surface area contributed by atoms with E-state index >= 15 is 0 Å². The molecule has 0 radical (unpaired) electrons. The predicted octanol–water partition coefficient (Wildman–Crippen LogP) is 4.04. The van der Waals surface area contributed by atoms with Gasteiger partial charge in [-0.3, -0.25) is 9.59 Å². The van der Waals surface area contributed by atoms with Crippen molar-refractivity contribution in [3.8, 4) is 17.2 Å². The number of carbonyl (C=O) groups excluding carboxylic acids is 2. The smallest absolute Gasteiger partial charge is 0.178 e. The number of carbonyl (C=O) groups is 2. The molecule has 1 N–H and O–H groups in total. The number of rotatable bonds is 5. The Morgan fingerprint density at radius 3 is 2.50 bits per heavy atom. The molecule has 1 heterocycles. The summed E-state index contributed by atoms with van der Waals surface area (Å²) in [5.74, 6) is -0.454. The van der Waals surface area contributed by atoms with Gasteiger partial charge in [0.05, 0.1) is 19.1 Å². The molecule has 3 rings (SSSR count). The Labute approximate surface area is 151 Å². The Bertz CT molecular complexity index is 894. The van der Waals surface area contributed by atoms with Gasteiger partial charge >= 0.3 is 0 Å². The van der Waals surface area contributed by atoms with Crippen molar-refractivity contribution in [2.75, 3.05) is 7.11 Å². The first-order valence-corrected chi connectivity index (χ1v) is 8.26. The molecule has 0 aliphatic carbocycles. The third kappa shape index (κ3) is 3.33. The molecule has 0 amide bonds. The average Bonchev–Trinajstić information content (AvgIpc) is 2.60. The second-order valence-electron chi connectivity index (χ2n) is 6.64. The van der Waals surface area contributed by atoms with Gasteiger partial charge in [0, 0.05) is 11.6 Å². The van der Waals surface area contributed by atoms with Crippen LogP contribution in [0.5, 0.6) is 17.2 Å². The van der Waals surface area contributed by atoms with E-state index in [4.69, 9.17) is 9.47 Å². The average molecular weight is 352 g/mol. The largest absolute Gasteiger partial charge is 0.506 e. The third-order valence-corrected chi connectivity index (χ3v) is 4.21. The highest BCUT2D eigenvalue weighted by atomic mass is 16.5. The van der Waals surface area contributed by atoms with Crippen molar-refractivity contribution in [2.45, 2.75) is 25.9 Å². The topological polar surface area (TPSA) is 72.8 Å². The Balaban J connectivity index is 1.97. The molecular formula is C21H20O5. The Morgan fingerprint density at radius 1 is 1.15 bits per heavy atom. The van der Waals surface area contributed by atoms with Gasteiger partial charge in [0.15, 0.2) is 11.6 Å². The Kier molecular flexibility index (Phi) is 4.55. The van der Waals surface area contributed by atoms with E-state index in [0.717, 1.165) is 0 Å². The molecule has 2 aromatic carbocycles. The number of methoxy groups -OCH3 is 1. The maximum absolute atomic E-state index is 12.7. The first-order chi connectivity index (χ1) is 12.3. The van der Waals surface area contributed by atoms with Crippen LogP contribution in [0.4, 0.5) is 0 Å². The van der Waals surface area contributed by atoms with E-state index in [2.05, 4.69) is 0 Å². The van der Waals surface area contributed by atoms with Crippen LogP contribution in [0.25, 0.3) is 6.08 Å². The Hall–Kier alpha value is -3.08. The molecule has 5 nitrogen and oxygen atoms in total. The molecule has 2 aromatic rings. The molecule has 1 aliphatic heterocycles. The van der Waals surface area contributed by atoms with E-state index in [-0.39, 0.29) is 29.3 Å². The van der Waals surface area contributed by atoms with Crippen LogP contribution in [-0.4, -0.2) is 29.4 Å². The minimum atomic E-state index is -0.529. The van der Waals surface area contributed by atoms with Crippen LogP contribution in [-0.2, 0) is 0 Å². The molecule has 0 unspecified atom stereocenters. The molecule has 0 spiro atoms. The molecule has 5 heteroatoms. The zero-order valence-electron chi connectivity index (χ0n) is 14.9. The molecule has 0 atom stereocenters. The summed E-state index contributed by atoms with van der Waals surface area (Å²) in [6.45, 7) is 3.76. The van der Waals surface area contributed by atoms with Gasteiger partial charge < -0.3 is 14.6 Å². The van der Waals surface area contributed by atoms with Gasteiger partial charge in [-0.1, -0.05) is 30.3 Å². The fourth-order valence-electron chi connectivity index (χ4n) is 2.87. The maximum atomic E-state index is 12.7. The van der Waals surface area contributed by atoms with Gasteiger partial charge in [-0.05, 0) is 26.0 Å². The summed E-state index contributed by atoms with van der Waals surface area (Å²) >= 11 is 0. The van der Waals surface area contributed by atoms with Crippen molar-refractivity contribution in [3.63, 3.8) is 0 Å². The van der Waals surface area contributed by atoms with Gasteiger partial charge in [0.25, 0.3) is 0 Å². The minimum Gasteiger partial charge on any atom is -0.506 e. The molecule has 0 aromatic heterocycles. The lowest BCUT2D eigenvalue weighted by atomic mass is 9.95. The van der Waals surface area contributed by atoms with E-state index in [9.17, 15) is 14.7 Å². The van der Waals surface area contributed by atoms with Crippen LogP contribution in [0.15, 0.2) is 42.5 Å². The first-order valence-electron chi connectivity index (χ1n) is 8.26. The predicted molar refractivity (Wildman–Crippen MR) is 98.1 cm³/mol. The zero-order valence-corrected chi connectivity index (χ0v) is 14.9. The van der Waals surface area contributed by atoms with Gasteiger partial charge in [-0.25, -0.2) is 0 Å². The van der Waals surface area contributed by atoms with E-state index in [1.54, 1.807) is 48.6 Å². The number of aromatic hydroxyl groups is 1. The molecule has 0 saturated carbocycles. The number of phenols is 1. The minimum absolute atomic E-state index is 0.0107.